The smallest absolute Gasteiger partial charge is 0.138 e. The van der Waals surface area contributed by atoms with E-state index in [9.17, 15) is 0 Å². The summed E-state index contributed by atoms with van der Waals surface area (Å²) in [6.45, 7) is 9.79. The van der Waals surface area contributed by atoms with Crippen molar-refractivity contribution in [2.24, 2.45) is 11.0 Å². The van der Waals surface area contributed by atoms with E-state index in [1.807, 2.05) is 0 Å². The lowest BCUT2D eigenvalue weighted by molar-refractivity contribution is 0.329. The Morgan fingerprint density at radius 3 is 2.73 bits per heavy atom. The van der Waals surface area contributed by atoms with Crippen LogP contribution in [-0.2, 0) is 6.42 Å². The molecule has 0 spiro atoms. The molecule has 2 aromatic rings. The second-order valence-corrected chi connectivity index (χ2v) is 8.71. The SMILES string of the molecule is CCC1=CC(C)C2C(=C1N1CCC(c3cccc(C)c3)=N1)Oc1cc(CC)ccc12. The molecule has 0 fully saturated rings. The molecule has 2 heterocycles. The van der Waals surface area contributed by atoms with Crippen molar-refractivity contribution in [1.82, 2.24) is 5.01 Å². The minimum Gasteiger partial charge on any atom is -0.458 e. The Labute approximate surface area is 179 Å². The third-order valence-corrected chi connectivity index (χ3v) is 6.64. The molecule has 0 N–H and O–H groups in total. The number of hydrogen-bond donors (Lipinski definition) is 0. The highest BCUT2D eigenvalue weighted by Crippen LogP contribution is 2.51. The average molecular weight is 399 g/mol. The van der Waals surface area contributed by atoms with E-state index >= 15 is 0 Å². The molecule has 0 saturated carbocycles. The molecule has 2 atom stereocenters. The van der Waals surface area contributed by atoms with Gasteiger partial charge < -0.3 is 4.74 Å². The maximum absolute atomic E-state index is 6.57. The molecule has 0 aromatic heterocycles. The highest BCUT2D eigenvalue weighted by Gasteiger charge is 2.41. The molecule has 3 heteroatoms. The van der Waals surface area contributed by atoms with Gasteiger partial charge in [0.1, 0.15) is 17.2 Å². The normalized spacial score (nSPS) is 22.5. The molecule has 5 rings (SSSR count). The van der Waals surface area contributed by atoms with Crippen LogP contribution in [-0.4, -0.2) is 17.3 Å². The van der Waals surface area contributed by atoms with Crippen molar-refractivity contribution in [3.63, 3.8) is 0 Å². The van der Waals surface area contributed by atoms with Gasteiger partial charge in [0.15, 0.2) is 0 Å². The van der Waals surface area contributed by atoms with Gasteiger partial charge in [-0.25, -0.2) is 0 Å². The maximum Gasteiger partial charge on any atom is 0.138 e. The van der Waals surface area contributed by atoms with Crippen LogP contribution in [0.3, 0.4) is 0 Å². The number of hydrazone groups is 1. The van der Waals surface area contributed by atoms with E-state index < -0.39 is 0 Å². The molecule has 154 valence electrons. The van der Waals surface area contributed by atoms with Gasteiger partial charge >= 0.3 is 0 Å². The van der Waals surface area contributed by atoms with Gasteiger partial charge in [0, 0.05) is 18.5 Å². The zero-order valence-electron chi connectivity index (χ0n) is 18.4. The van der Waals surface area contributed by atoms with Crippen LogP contribution in [0, 0.1) is 12.8 Å². The summed E-state index contributed by atoms with van der Waals surface area (Å²) < 4.78 is 6.57. The molecule has 0 saturated heterocycles. The van der Waals surface area contributed by atoms with Gasteiger partial charge in [-0.2, -0.15) is 5.10 Å². The van der Waals surface area contributed by atoms with Crippen LogP contribution in [0.25, 0.3) is 0 Å². The number of ether oxygens (including phenoxy) is 1. The Hall–Kier alpha value is -2.81. The zero-order valence-corrected chi connectivity index (χ0v) is 18.4. The third-order valence-electron chi connectivity index (χ3n) is 6.64. The first-order valence-corrected chi connectivity index (χ1v) is 11.3. The largest absolute Gasteiger partial charge is 0.458 e. The summed E-state index contributed by atoms with van der Waals surface area (Å²) in [5.41, 5.74) is 8.87. The van der Waals surface area contributed by atoms with Crippen LogP contribution >= 0.6 is 0 Å². The van der Waals surface area contributed by atoms with Crippen LogP contribution in [0.2, 0.25) is 0 Å². The summed E-state index contributed by atoms with van der Waals surface area (Å²) in [6.07, 6.45) is 5.42. The fraction of sp³-hybridized carbons (Fsp3) is 0.370. The predicted octanol–water partition coefficient (Wildman–Crippen LogP) is 6.34. The van der Waals surface area contributed by atoms with Crippen LogP contribution in [0.15, 0.2) is 70.7 Å². The molecular weight excluding hydrogens is 368 g/mol. The van der Waals surface area contributed by atoms with Crippen molar-refractivity contribution in [3.05, 3.63) is 87.8 Å². The Balaban J connectivity index is 1.57. The number of fused-ring (bicyclic) bond motifs is 3. The van der Waals surface area contributed by atoms with Crippen molar-refractivity contribution in [3.8, 4) is 5.75 Å². The van der Waals surface area contributed by atoms with Crippen molar-refractivity contribution >= 4 is 5.71 Å². The summed E-state index contributed by atoms with van der Waals surface area (Å²) in [7, 11) is 0. The average Bonchev–Trinajstić information content (AvgIpc) is 3.38. The first-order valence-electron chi connectivity index (χ1n) is 11.3. The summed E-state index contributed by atoms with van der Waals surface area (Å²) in [4.78, 5) is 0. The summed E-state index contributed by atoms with van der Waals surface area (Å²) in [5, 5.41) is 7.28. The molecule has 3 aliphatic rings. The predicted molar refractivity (Wildman–Crippen MR) is 123 cm³/mol. The summed E-state index contributed by atoms with van der Waals surface area (Å²) >= 11 is 0. The fourth-order valence-electron chi connectivity index (χ4n) is 5.06. The fourth-order valence-corrected chi connectivity index (χ4v) is 5.06. The molecule has 2 aliphatic heterocycles. The number of allylic oxidation sites excluding steroid dienone is 3. The van der Waals surface area contributed by atoms with Crippen LogP contribution in [0.5, 0.6) is 5.75 Å². The van der Waals surface area contributed by atoms with E-state index in [1.54, 1.807) is 0 Å². The number of hydrogen-bond acceptors (Lipinski definition) is 3. The second-order valence-electron chi connectivity index (χ2n) is 8.71. The molecule has 3 nitrogen and oxygen atoms in total. The lowest BCUT2D eigenvalue weighted by Gasteiger charge is -2.30. The maximum atomic E-state index is 6.57. The minimum absolute atomic E-state index is 0.287. The van der Waals surface area contributed by atoms with E-state index in [0.717, 1.165) is 37.3 Å². The van der Waals surface area contributed by atoms with Gasteiger partial charge in [0.05, 0.1) is 11.6 Å². The summed E-state index contributed by atoms with van der Waals surface area (Å²) in [6, 6.07) is 15.4. The molecule has 0 amide bonds. The quantitative estimate of drug-likeness (QED) is 0.600. The van der Waals surface area contributed by atoms with Gasteiger partial charge in [-0.1, -0.05) is 68.8 Å². The van der Waals surface area contributed by atoms with Gasteiger partial charge in [0.25, 0.3) is 0 Å². The molecule has 0 radical (unpaired) electrons. The molecule has 2 aromatic carbocycles. The number of nitrogens with zero attached hydrogens (tertiary/aromatic N) is 2. The van der Waals surface area contributed by atoms with E-state index in [-0.39, 0.29) is 5.92 Å². The minimum atomic E-state index is 0.287. The Morgan fingerprint density at radius 2 is 1.97 bits per heavy atom. The number of aryl methyl sites for hydroxylation is 2. The first-order chi connectivity index (χ1) is 14.6. The van der Waals surface area contributed by atoms with Gasteiger partial charge in [0.2, 0.25) is 0 Å². The number of benzene rings is 2. The first kappa shape index (κ1) is 19.2. The van der Waals surface area contributed by atoms with E-state index in [4.69, 9.17) is 9.84 Å². The zero-order chi connectivity index (χ0) is 20.8. The third kappa shape index (κ3) is 3.08. The molecule has 2 unspecified atom stereocenters. The topological polar surface area (TPSA) is 24.8 Å². The van der Waals surface area contributed by atoms with Crippen molar-refractivity contribution < 1.29 is 4.74 Å². The summed E-state index contributed by atoms with van der Waals surface area (Å²) in [5.74, 6) is 2.84. The van der Waals surface area contributed by atoms with Gasteiger partial charge in [-0.05, 0) is 48.4 Å². The van der Waals surface area contributed by atoms with Crippen LogP contribution in [0.4, 0.5) is 0 Å². The monoisotopic (exact) mass is 398 g/mol. The molecule has 1 aliphatic carbocycles. The van der Waals surface area contributed by atoms with Gasteiger partial charge in [-0.15, -0.1) is 0 Å². The lowest BCUT2D eigenvalue weighted by Crippen LogP contribution is -2.25. The lowest BCUT2D eigenvalue weighted by atomic mass is 9.79. The van der Waals surface area contributed by atoms with Crippen molar-refractivity contribution in [1.29, 1.82) is 0 Å². The molecule has 0 bridgehead atoms. The second kappa shape index (κ2) is 7.46. The number of rotatable bonds is 4. The van der Waals surface area contributed by atoms with Crippen LogP contribution in [0.1, 0.15) is 61.8 Å². The Morgan fingerprint density at radius 1 is 1.10 bits per heavy atom. The van der Waals surface area contributed by atoms with Crippen LogP contribution < -0.4 is 4.74 Å². The van der Waals surface area contributed by atoms with E-state index in [0.29, 0.717) is 5.92 Å². The van der Waals surface area contributed by atoms with Crippen molar-refractivity contribution in [2.45, 2.75) is 52.9 Å². The van der Waals surface area contributed by atoms with E-state index in [2.05, 4.69) is 81.2 Å². The Kier molecular flexibility index (Phi) is 4.77. The molecular formula is C27H30N2O. The van der Waals surface area contributed by atoms with E-state index in [1.165, 1.54) is 39.2 Å². The molecule has 30 heavy (non-hydrogen) atoms. The van der Waals surface area contributed by atoms with Gasteiger partial charge in [-0.3, -0.25) is 5.01 Å². The Bertz CT molecular complexity index is 1090. The highest BCUT2D eigenvalue weighted by molar-refractivity contribution is 6.01. The van der Waals surface area contributed by atoms with Crippen molar-refractivity contribution in [2.75, 3.05) is 6.54 Å². The standard InChI is InChI=1S/C27H30N2O/c1-5-19-10-11-22-24(16-19)30-27-25(22)18(4)15-20(6-2)26(27)29-13-12-23(28-29)21-9-7-8-17(3)14-21/h7-11,14-16,18,25H,5-6,12-13H2,1-4H3. The highest BCUT2D eigenvalue weighted by atomic mass is 16.5.